The van der Waals surface area contributed by atoms with Gasteiger partial charge >= 0.3 is 5.97 Å². The Morgan fingerprint density at radius 1 is 1.29 bits per heavy atom. The molecule has 2 heteroatoms. The number of ether oxygens (including phenoxy) is 1. The molecule has 0 aliphatic heterocycles. The lowest BCUT2D eigenvalue weighted by Crippen LogP contribution is -2.01. The van der Waals surface area contributed by atoms with E-state index in [1.165, 1.54) is 6.42 Å². The van der Waals surface area contributed by atoms with Crippen LogP contribution in [0.15, 0.2) is 24.8 Å². The minimum absolute atomic E-state index is 0.144. The zero-order valence-corrected chi connectivity index (χ0v) is 9.00. The van der Waals surface area contributed by atoms with Crippen LogP contribution in [-0.2, 0) is 9.53 Å². The van der Waals surface area contributed by atoms with E-state index in [-0.39, 0.29) is 5.97 Å². The summed E-state index contributed by atoms with van der Waals surface area (Å²) < 4.78 is 4.78. The Labute approximate surface area is 86.6 Å². The smallest absolute Gasteiger partial charge is 0.309 e. The molecule has 0 amide bonds. The zero-order valence-electron chi connectivity index (χ0n) is 9.00. The molecule has 0 spiro atoms. The fraction of sp³-hybridized carbons (Fsp3) is 0.583. The molecule has 2 nitrogen and oxygen atoms in total. The van der Waals surface area contributed by atoms with E-state index in [9.17, 15) is 4.79 Å². The van der Waals surface area contributed by atoms with E-state index >= 15 is 0 Å². The molecule has 80 valence electrons. The topological polar surface area (TPSA) is 26.3 Å². The van der Waals surface area contributed by atoms with Crippen LogP contribution in [0.25, 0.3) is 0 Å². The Balaban J connectivity index is 3.26. The van der Waals surface area contributed by atoms with E-state index in [2.05, 4.69) is 6.58 Å². The van der Waals surface area contributed by atoms with Gasteiger partial charge in [0.25, 0.3) is 0 Å². The molecule has 14 heavy (non-hydrogen) atoms. The summed E-state index contributed by atoms with van der Waals surface area (Å²) >= 11 is 0. The van der Waals surface area contributed by atoms with Crippen molar-refractivity contribution in [1.29, 1.82) is 0 Å². The summed E-state index contributed by atoms with van der Waals surface area (Å²) in [6.45, 7) is 5.94. The maximum atomic E-state index is 10.9. The number of unbranched alkanes of at least 4 members (excludes halogenated alkanes) is 3. The maximum absolute atomic E-state index is 10.9. The molecule has 0 aromatic heterocycles. The van der Waals surface area contributed by atoms with Gasteiger partial charge in [-0.1, -0.05) is 18.2 Å². The largest absolute Gasteiger partial charge is 0.466 e. The molecule has 0 bridgehead atoms. The average Bonchev–Trinajstić information content (AvgIpc) is 2.17. The van der Waals surface area contributed by atoms with E-state index in [1.54, 1.807) is 0 Å². The van der Waals surface area contributed by atoms with Crippen molar-refractivity contribution in [2.45, 2.75) is 39.0 Å². The first-order valence-electron chi connectivity index (χ1n) is 5.22. The zero-order chi connectivity index (χ0) is 10.6. The average molecular weight is 196 g/mol. The second kappa shape index (κ2) is 10.0. The molecule has 0 saturated carbocycles. The van der Waals surface area contributed by atoms with Crippen molar-refractivity contribution in [1.82, 2.24) is 0 Å². The van der Waals surface area contributed by atoms with Gasteiger partial charge in [0.05, 0.1) is 13.0 Å². The molecule has 0 saturated heterocycles. The van der Waals surface area contributed by atoms with Gasteiger partial charge in [-0.15, -0.1) is 6.58 Å². The van der Waals surface area contributed by atoms with Gasteiger partial charge in [0, 0.05) is 0 Å². The predicted octanol–water partition coefficient (Wildman–Crippen LogP) is 3.24. The monoisotopic (exact) mass is 196 g/mol. The molecule has 0 heterocycles. The minimum Gasteiger partial charge on any atom is -0.466 e. The maximum Gasteiger partial charge on any atom is 0.309 e. The van der Waals surface area contributed by atoms with Crippen LogP contribution in [0.3, 0.4) is 0 Å². The van der Waals surface area contributed by atoms with Crippen LogP contribution >= 0.6 is 0 Å². The fourth-order valence-electron chi connectivity index (χ4n) is 1.07. The molecule has 0 unspecified atom stereocenters. The van der Waals surface area contributed by atoms with Crippen molar-refractivity contribution in [2.24, 2.45) is 0 Å². The minimum atomic E-state index is -0.144. The van der Waals surface area contributed by atoms with Gasteiger partial charge in [-0.3, -0.25) is 4.79 Å². The molecule has 0 aliphatic rings. The molecular formula is C12H20O2. The van der Waals surface area contributed by atoms with E-state index in [4.69, 9.17) is 4.74 Å². The predicted molar refractivity (Wildman–Crippen MR) is 59.1 cm³/mol. The number of carbonyl (C=O) groups is 1. The molecule has 0 aromatic carbocycles. The highest BCUT2D eigenvalue weighted by Crippen LogP contribution is 2.01. The summed E-state index contributed by atoms with van der Waals surface area (Å²) in [5, 5.41) is 0. The van der Waals surface area contributed by atoms with Gasteiger partial charge in [0.2, 0.25) is 0 Å². The van der Waals surface area contributed by atoms with E-state index in [0.29, 0.717) is 13.0 Å². The number of allylic oxidation sites excluding steroid dienone is 2. The summed E-state index contributed by atoms with van der Waals surface area (Å²) in [4.78, 5) is 10.9. The molecule has 0 radical (unpaired) electrons. The fourth-order valence-corrected chi connectivity index (χ4v) is 1.07. The SMILES string of the molecule is C=CCCCC/C=C/CC(=O)OCC. The standard InChI is InChI=1S/C12H20O2/c1-3-5-6-7-8-9-10-11-12(13)14-4-2/h3,9-10H,1,4-8,11H2,2H3/b10-9+. The molecule has 0 N–H and O–H groups in total. The van der Waals surface area contributed by atoms with Crippen molar-refractivity contribution < 1.29 is 9.53 Å². The van der Waals surface area contributed by atoms with Crippen LogP contribution < -0.4 is 0 Å². The number of esters is 1. The molecule has 0 atom stereocenters. The van der Waals surface area contributed by atoms with Gasteiger partial charge in [-0.05, 0) is 32.6 Å². The Hall–Kier alpha value is -1.05. The third kappa shape index (κ3) is 9.04. The first-order valence-corrected chi connectivity index (χ1v) is 5.22. The van der Waals surface area contributed by atoms with Gasteiger partial charge in [0.1, 0.15) is 0 Å². The third-order valence-electron chi connectivity index (χ3n) is 1.79. The Morgan fingerprint density at radius 3 is 2.64 bits per heavy atom. The number of rotatable bonds is 8. The normalized spacial score (nSPS) is 10.4. The van der Waals surface area contributed by atoms with E-state index in [0.717, 1.165) is 19.3 Å². The van der Waals surface area contributed by atoms with Crippen molar-refractivity contribution >= 4 is 5.97 Å². The summed E-state index contributed by atoms with van der Waals surface area (Å²) in [7, 11) is 0. The van der Waals surface area contributed by atoms with E-state index < -0.39 is 0 Å². The van der Waals surface area contributed by atoms with Crippen molar-refractivity contribution in [3.8, 4) is 0 Å². The van der Waals surface area contributed by atoms with Crippen molar-refractivity contribution in [3.05, 3.63) is 24.8 Å². The first-order chi connectivity index (χ1) is 6.81. The highest BCUT2D eigenvalue weighted by atomic mass is 16.5. The molecule has 0 rings (SSSR count). The Bertz CT molecular complexity index is 183. The Morgan fingerprint density at radius 2 is 2.00 bits per heavy atom. The lowest BCUT2D eigenvalue weighted by molar-refractivity contribution is -0.142. The highest BCUT2D eigenvalue weighted by molar-refractivity contribution is 5.71. The summed E-state index contributed by atoms with van der Waals surface area (Å²) in [5.41, 5.74) is 0. The van der Waals surface area contributed by atoms with Gasteiger partial charge in [-0.2, -0.15) is 0 Å². The number of hydrogen-bond donors (Lipinski definition) is 0. The van der Waals surface area contributed by atoms with E-state index in [1.807, 2.05) is 25.2 Å². The summed E-state index contributed by atoms with van der Waals surface area (Å²) in [5.74, 6) is -0.144. The van der Waals surface area contributed by atoms with Crippen LogP contribution in [0.4, 0.5) is 0 Å². The van der Waals surface area contributed by atoms with Crippen LogP contribution in [0, 0.1) is 0 Å². The molecule has 0 fully saturated rings. The van der Waals surface area contributed by atoms with Gasteiger partial charge in [0.15, 0.2) is 0 Å². The first kappa shape index (κ1) is 12.9. The van der Waals surface area contributed by atoms with Gasteiger partial charge in [-0.25, -0.2) is 0 Å². The van der Waals surface area contributed by atoms with Crippen molar-refractivity contribution in [3.63, 3.8) is 0 Å². The van der Waals surface area contributed by atoms with Crippen LogP contribution in [0.1, 0.15) is 39.0 Å². The Kier molecular flexibility index (Phi) is 9.28. The summed E-state index contributed by atoms with van der Waals surface area (Å²) in [6, 6.07) is 0. The van der Waals surface area contributed by atoms with Gasteiger partial charge < -0.3 is 4.74 Å². The number of hydrogen-bond acceptors (Lipinski definition) is 2. The van der Waals surface area contributed by atoms with Crippen LogP contribution in [0.5, 0.6) is 0 Å². The van der Waals surface area contributed by atoms with Crippen LogP contribution in [-0.4, -0.2) is 12.6 Å². The number of carbonyl (C=O) groups excluding carboxylic acids is 1. The van der Waals surface area contributed by atoms with Crippen LogP contribution in [0.2, 0.25) is 0 Å². The second-order valence-electron chi connectivity index (χ2n) is 3.05. The lowest BCUT2D eigenvalue weighted by Gasteiger charge is -1.96. The molecule has 0 aliphatic carbocycles. The summed E-state index contributed by atoms with van der Waals surface area (Å²) in [6.07, 6.45) is 10.7. The quantitative estimate of drug-likeness (QED) is 0.338. The second-order valence-corrected chi connectivity index (χ2v) is 3.05. The highest BCUT2D eigenvalue weighted by Gasteiger charge is 1.95. The molecule has 0 aromatic rings. The van der Waals surface area contributed by atoms with Crippen molar-refractivity contribution in [2.75, 3.05) is 6.61 Å². The lowest BCUT2D eigenvalue weighted by atomic mass is 10.2. The molecular weight excluding hydrogens is 176 g/mol. The third-order valence-corrected chi connectivity index (χ3v) is 1.79.